The lowest BCUT2D eigenvalue weighted by Gasteiger charge is -2.35. The number of guanidine groups is 1. The molecule has 2 N–H and O–H groups in total. The van der Waals surface area contributed by atoms with Crippen molar-refractivity contribution in [3.8, 4) is 0 Å². The van der Waals surface area contributed by atoms with Crippen molar-refractivity contribution >= 4 is 12.1 Å². The molecule has 1 fully saturated rings. The van der Waals surface area contributed by atoms with Gasteiger partial charge in [-0.1, -0.05) is 0 Å². The van der Waals surface area contributed by atoms with Crippen LogP contribution in [-0.4, -0.2) is 68.8 Å². The van der Waals surface area contributed by atoms with Gasteiger partial charge in [0.2, 0.25) is 0 Å². The largest absolute Gasteiger partial charge is 0.444 e. The zero-order valence-corrected chi connectivity index (χ0v) is 19.9. The van der Waals surface area contributed by atoms with E-state index in [-0.39, 0.29) is 18.2 Å². The number of carbonyl (C=O) groups is 1. The molecule has 0 aromatic carbocycles. The lowest BCUT2D eigenvalue weighted by atomic mass is 10.1. The number of fused-ring (bicyclic) bond motifs is 1. The van der Waals surface area contributed by atoms with Gasteiger partial charge in [-0.3, -0.25) is 9.89 Å². The second-order valence-electron chi connectivity index (χ2n) is 9.64. The van der Waals surface area contributed by atoms with Crippen LogP contribution in [0.3, 0.4) is 0 Å². The number of ether oxygens (including phenoxy) is 2. The van der Waals surface area contributed by atoms with Gasteiger partial charge in [0, 0.05) is 26.6 Å². The molecular weight excluding hydrogens is 398 g/mol. The van der Waals surface area contributed by atoms with Crippen LogP contribution in [0.25, 0.3) is 0 Å². The summed E-state index contributed by atoms with van der Waals surface area (Å²) in [4.78, 5) is 18.9. The van der Waals surface area contributed by atoms with E-state index in [1.165, 1.54) is 6.42 Å². The van der Waals surface area contributed by atoms with E-state index in [9.17, 15) is 4.79 Å². The summed E-state index contributed by atoms with van der Waals surface area (Å²) in [7, 11) is 1.72. The Kier molecular flexibility index (Phi) is 6.78. The van der Waals surface area contributed by atoms with Gasteiger partial charge in [-0.2, -0.15) is 0 Å². The van der Waals surface area contributed by atoms with E-state index in [1.807, 2.05) is 41.5 Å². The van der Waals surface area contributed by atoms with E-state index < -0.39 is 11.3 Å². The fourth-order valence-corrected chi connectivity index (χ4v) is 4.21. The number of aryl methyl sites for hydroxylation is 1. The van der Waals surface area contributed by atoms with Crippen molar-refractivity contribution in [1.82, 2.24) is 30.3 Å². The maximum atomic E-state index is 12.9. The Balaban J connectivity index is 1.61. The first kappa shape index (κ1) is 23.3. The summed E-state index contributed by atoms with van der Waals surface area (Å²) in [6.45, 7) is 13.3. The highest BCUT2D eigenvalue weighted by Crippen LogP contribution is 2.33. The zero-order valence-electron chi connectivity index (χ0n) is 19.9. The Morgan fingerprint density at radius 1 is 1.29 bits per heavy atom. The van der Waals surface area contributed by atoms with Gasteiger partial charge in [-0.25, -0.2) is 4.79 Å². The van der Waals surface area contributed by atoms with Crippen LogP contribution in [0.1, 0.15) is 66.0 Å². The van der Waals surface area contributed by atoms with Crippen LogP contribution >= 0.6 is 0 Å². The van der Waals surface area contributed by atoms with Crippen molar-refractivity contribution in [1.29, 1.82) is 0 Å². The monoisotopic (exact) mass is 435 g/mol. The quantitative estimate of drug-likeness (QED) is 0.551. The average molecular weight is 436 g/mol. The molecule has 0 radical (unpaired) electrons. The van der Waals surface area contributed by atoms with Gasteiger partial charge in [0.1, 0.15) is 17.2 Å². The molecule has 3 heterocycles. The van der Waals surface area contributed by atoms with Gasteiger partial charge in [0.15, 0.2) is 11.8 Å². The Hall–Kier alpha value is -2.36. The molecular formula is C21H37N7O3. The number of rotatable bonds is 4. The number of hydrogen-bond acceptors (Lipinski definition) is 6. The average Bonchev–Trinajstić information content (AvgIpc) is 3.17. The van der Waals surface area contributed by atoms with Gasteiger partial charge in [0.25, 0.3) is 0 Å². The number of nitrogens with zero attached hydrogens (tertiary/aromatic N) is 5. The number of carbonyl (C=O) groups excluding carboxylic acids is 1. The molecule has 1 aromatic rings. The molecule has 0 aliphatic carbocycles. The molecule has 2 aliphatic rings. The molecule has 1 saturated heterocycles. The molecule has 0 bridgehead atoms. The SMILES string of the molecule is CN=C(NCc1nnc2n1CCCC2)NCC1C(C)OC(C)(C)N1C(=O)OC(C)(C)C. The maximum absolute atomic E-state index is 12.9. The second-order valence-corrected chi connectivity index (χ2v) is 9.64. The van der Waals surface area contributed by atoms with E-state index in [2.05, 4.69) is 30.4 Å². The third kappa shape index (κ3) is 5.47. The first-order valence-corrected chi connectivity index (χ1v) is 11.1. The van der Waals surface area contributed by atoms with Gasteiger partial charge < -0.3 is 24.7 Å². The van der Waals surface area contributed by atoms with Crippen LogP contribution in [0.4, 0.5) is 4.79 Å². The van der Waals surface area contributed by atoms with Crippen molar-refractivity contribution in [3.05, 3.63) is 11.6 Å². The zero-order chi connectivity index (χ0) is 22.8. The standard InChI is InChI=1S/C21H37N7O3/c1-14-15(28(21(5,6)30-14)19(29)31-20(2,3)4)12-23-18(22-7)24-13-17-26-25-16-10-8-9-11-27(16)17/h14-15H,8-13H2,1-7H3,(H2,22,23,24). The minimum atomic E-state index is -0.758. The molecule has 1 amide bonds. The van der Waals surface area contributed by atoms with Gasteiger partial charge >= 0.3 is 6.09 Å². The molecule has 1 aromatic heterocycles. The van der Waals surface area contributed by atoms with Gasteiger partial charge in [-0.05, 0) is 54.4 Å². The molecule has 31 heavy (non-hydrogen) atoms. The maximum Gasteiger partial charge on any atom is 0.412 e. The highest BCUT2D eigenvalue weighted by Gasteiger charge is 2.49. The van der Waals surface area contributed by atoms with Crippen LogP contribution in [0.5, 0.6) is 0 Å². The smallest absolute Gasteiger partial charge is 0.412 e. The van der Waals surface area contributed by atoms with Crippen molar-refractivity contribution < 1.29 is 14.3 Å². The number of hydrogen-bond donors (Lipinski definition) is 2. The summed E-state index contributed by atoms with van der Waals surface area (Å²) in [5.74, 6) is 2.60. The Bertz CT molecular complexity index is 812. The van der Waals surface area contributed by atoms with E-state index in [1.54, 1.807) is 11.9 Å². The van der Waals surface area contributed by atoms with Crippen molar-refractivity contribution in [3.63, 3.8) is 0 Å². The number of amides is 1. The molecule has 3 rings (SSSR count). The Morgan fingerprint density at radius 3 is 2.71 bits per heavy atom. The molecule has 2 unspecified atom stereocenters. The van der Waals surface area contributed by atoms with E-state index >= 15 is 0 Å². The first-order valence-electron chi connectivity index (χ1n) is 11.1. The molecule has 0 saturated carbocycles. The molecule has 10 nitrogen and oxygen atoms in total. The fraction of sp³-hybridized carbons (Fsp3) is 0.810. The first-order chi connectivity index (χ1) is 14.5. The van der Waals surface area contributed by atoms with Gasteiger partial charge in [-0.15, -0.1) is 10.2 Å². The minimum Gasteiger partial charge on any atom is -0.444 e. The topological polar surface area (TPSA) is 106 Å². The number of aliphatic imine (C=N–C) groups is 1. The van der Waals surface area contributed by atoms with Crippen LogP contribution in [0, 0.1) is 0 Å². The predicted molar refractivity (Wildman–Crippen MR) is 118 cm³/mol. The number of aromatic nitrogens is 3. The van der Waals surface area contributed by atoms with Crippen molar-refractivity contribution in [2.75, 3.05) is 13.6 Å². The normalized spacial score (nSPS) is 23.5. The lowest BCUT2D eigenvalue weighted by Crippen LogP contribution is -2.54. The highest BCUT2D eigenvalue weighted by atomic mass is 16.6. The van der Waals surface area contributed by atoms with Crippen LogP contribution in [-0.2, 0) is 29.0 Å². The molecule has 10 heteroatoms. The molecule has 2 aliphatic heterocycles. The Labute approximate surface area is 184 Å². The second kappa shape index (κ2) is 9.02. The highest BCUT2D eigenvalue weighted by molar-refractivity contribution is 5.79. The third-order valence-corrected chi connectivity index (χ3v) is 5.57. The predicted octanol–water partition coefficient (Wildman–Crippen LogP) is 2.04. The third-order valence-electron chi connectivity index (χ3n) is 5.57. The molecule has 2 atom stereocenters. The van der Waals surface area contributed by atoms with Crippen molar-refractivity contribution in [2.24, 2.45) is 4.99 Å². The minimum absolute atomic E-state index is 0.156. The summed E-state index contributed by atoms with van der Waals surface area (Å²) in [6.07, 6.45) is 2.76. The number of nitrogens with one attached hydrogen (secondary N) is 2. The summed E-state index contributed by atoms with van der Waals surface area (Å²) in [5, 5.41) is 15.2. The van der Waals surface area contributed by atoms with Crippen molar-refractivity contribution in [2.45, 2.75) is 97.4 Å². The van der Waals surface area contributed by atoms with Crippen LogP contribution in [0.2, 0.25) is 0 Å². The Morgan fingerprint density at radius 2 is 2.03 bits per heavy atom. The van der Waals surface area contributed by atoms with Crippen LogP contribution in [0.15, 0.2) is 4.99 Å². The van der Waals surface area contributed by atoms with Crippen LogP contribution < -0.4 is 10.6 Å². The fourth-order valence-electron chi connectivity index (χ4n) is 4.21. The van der Waals surface area contributed by atoms with Gasteiger partial charge in [0.05, 0.1) is 18.7 Å². The summed E-state index contributed by atoms with van der Waals surface area (Å²) in [5.41, 5.74) is -1.34. The molecule has 174 valence electrons. The molecule has 0 spiro atoms. The van der Waals surface area contributed by atoms with E-state index in [4.69, 9.17) is 9.47 Å². The summed E-state index contributed by atoms with van der Waals surface area (Å²) in [6, 6.07) is -0.204. The van der Waals surface area contributed by atoms with E-state index in [0.29, 0.717) is 19.0 Å². The summed E-state index contributed by atoms with van der Waals surface area (Å²) >= 11 is 0. The van der Waals surface area contributed by atoms with E-state index in [0.717, 1.165) is 31.0 Å². The summed E-state index contributed by atoms with van der Waals surface area (Å²) < 4.78 is 13.9. The lowest BCUT2D eigenvalue weighted by molar-refractivity contribution is -0.0755.